The standard InChI is InChI=1S/C5H6ClF3O/c6-4(10)2-1-3(7)5(8)9/h3,5H,1-2H2. The van der Waals surface area contributed by atoms with E-state index >= 15 is 0 Å². The number of hydrogen-bond donors (Lipinski definition) is 0. The molecule has 0 N–H and O–H groups in total. The van der Waals surface area contributed by atoms with Crippen molar-refractivity contribution in [1.29, 1.82) is 0 Å². The van der Waals surface area contributed by atoms with Gasteiger partial charge in [0.15, 0.2) is 6.17 Å². The molecule has 0 saturated carbocycles. The Balaban J connectivity index is 3.39. The molecule has 0 aliphatic rings. The fourth-order valence-electron chi connectivity index (χ4n) is 0.377. The molecule has 0 fully saturated rings. The fraction of sp³-hybridized carbons (Fsp3) is 0.800. The van der Waals surface area contributed by atoms with Crippen molar-refractivity contribution in [3.63, 3.8) is 0 Å². The minimum Gasteiger partial charge on any atom is -0.281 e. The summed E-state index contributed by atoms with van der Waals surface area (Å²) >= 11 is 4.78. The Bertz CT molecular complexity index is 117. The number of carbonyl (C=O) groups is 1. The van der Waals surface area contributed by atoms with Crippen molar-refractivity contribution in [2.75, 3.05) is 0 Å². The Morgan fingerprint density at radius 3 is 2.20 bits per heavy atom. The van der Waals surface area contributed by atoms with Gasteiger partial charge in [-0.3, -0.25) is 4.79 Å². The smallest absolute Gasteiger partial charge is 0.269 e. The number of carbonyl (C=O) groups excluding carboxylic acids is 1. The van der Waals surface area contributed by atoms with Crippen LogP contribution in [0.1, 0.15) is 12.8 Å². The molecule has 0 aromatic rings. The minimum absolute atomic E-state index is 0.340. The lowest BCUT2D eigenvalue weighted by atomic mass is 10.2. The summed E-state index contributed by atoms with van der Waals surface area (Å²) in [5.41, 5.74) is 0. The second-order valence-corrected chi connectivity index (χ2v) is 2.17. The molecule has 0 aliphatic heterocycles. The van der Waals surface area contributed by atoms with Crippen molar-refractivity contribution in [2.24, 2.45) is 0 Å². The van der Waals surface area contributed by atoms with Crippen molar-refractivity contribution < 1.29 is 18.0 Å². The molecule has 10 heavy (non-hydrogen) atoms. The Morgan fingerprint density at radius 1 is 1.40 bits per heavy atom. The molecule has 0 amide bonds. The van der Waals surface area contributed by atoms with Gasteiger partial charge < -0.3 is 0 Å². The summed E-state index contributed by atoms with van der Waals surface area (Å²) in [7, 11) is 0. The molecule has 0 aromatic carbocycles. The molecule has 0 radical (unpaired) electrons. The van der Waals surface area contributed by atoms with E-state index in [-0.39, 0.29) is 6.42 Å². The third-order valence-electron chi connectivity index (χ3n) is 0.890. The summed E-state index contributed by atoms with van der Waals surface area (Å²) in [5.74, 6) is 0. The van der Waals surface area contributed by atoms with Gasteiger partial charge in [-0.2, -0.15) is 0 Å². The van der Waals surface area contributed by atoms with Crippen LogP contribution < -0.4 is 0 Å². The van der Waals surface area contributed by atoms with Crippen LogP contribution in [0.15, 0.2) is 0 Å². The van der Waals surface area contributed by atoms with Crippen molar-refractivity contribution >= 4 is 16.8 Å². The lowest BCUT2D eigenvalue weighted by molar-refractivity contribution is -0.112. The lowest BCUT2D eigenvalue weighted by Gasteiger charge is -2.02. The summed E-state index contributed by atoms with van der Waals surface area (Å²) in [4.78, 5) is 9.92. The van der Waals surface area contributed by atoms with Crippen LogP contribution in [-0.2, 0) is 4.79 Å². The number of alkyl halides is 3. The highest BCUT2D eigenvalue weighted by Gasteiger charge is 2.19. The zero-order chi connectivity index (χ0) is 8.15. The molecule has 1 unspecified atom stereocenters. The molecule has 5 heteroatoms. The van der Waals surface area contributed by atoms with Gasteiger partial charge in [-0.05, 0) is 18.0 Å². The van der Waals surface area contributed by atoms with Gasteiger partial charge in [-0.25, -0.2) is 13.2 Å². The third kappa shape index (κ3) is 4.61. The molecule has 0 heterocycles. The van der Waals surface area contributed by atoms with Gasteiger partial charge in [0.2, 0.25) is 5.24 Å². The molecule has 0 rings (SSSR count). The first-order chi connectivity index (χ1) is 4.54. The normalized spacial score (nSPS) is 13.7. The summed E-state index contributed by atoms with van der Waals surface area (Å²) in [6.45, 7) is 0. The molecule has 1 nitrogen and oxygen atoms in total. The van der Waals surface area contributed by atoms with E-state index in [9.17, 15) is 18.0 Å². The van der Waals surface area contributed by atoms with Gasteiger partial charge in [0.1, 0.15) is 0 Å². The SMILES string of the molecule is O=C(Cl)CCC(F)C(F)F. The fourth-order valence-corrected chi connectivity index (χ4v) is 0.486. The van der Waals surface area contributed by atoms with Gasteiger partial charge >= 0.3 is 0 Å². The first-order valence-corrected chi connectivity index (χ1v) is 3.02. The monoisotopic (exact) mass is 174 g/mol. The van der Waals surface area contributed by atoms with E-state index in [1.54, 1.807) is 0 Å². The van der Waals surface area contributed by atoms with Crippen LogP contribution in [0.4, 0.5) is 13.2 Å². The second kappa shape index (κ2) is 4.55. The Kier molecular flexibility index (Phi) is 4.43. The second-order valence-electron chi connectivity index (χ2n) is 1.74. The Labute approximate surface area is 61.2 Å². The Morgan fingerprint density at radius 2 is 1.90 bits per heavy atom. The summed E-state index contributed by atoms with van der Waals surface area (Å²) < 4.78 is 34.6. The van der Waals surface area contributed by atoms with Crippen LogP contribution in [-0.4, -0.2) is 17.8 Å². The van der Waals surface area contributed by atoms with Gasteiger partial charge in [0, 0.05) is 6.42 Å². The van der Waals surface area contributed by atoms with Gasteiger partial charge in [-0.1, -0.05) is 0 Å². The average molecular weight is 175 g/mol. The highest BCUT2D eigenvalue weighted by atomic mass is 35.5. The first-order valence-electron chi connectivity index (χ1n) is 2.64. The molecular weight excluding hydrogens is 169 g/mol. The van der Waals surface area contributed by atoms with E-state index in [2.05, 4.69) is 0 Å². The van der Waals surface area contributed by atoms with E-state index in [4.69, 9.17) is 11.6 Å². The zero-order valence-electron chi connectivity index (χ0n) is 4.99. The number of halogens is 4. The lowest BCUT2D eigenvalue weighted by Crippen LogP contribution is -2.12. The van der Waals surface area contributed by atoms with Crippen LogP contribution in [0.2, 0.25) is 0 Å². The van der Waals surface area contributed by atoms with E-state index < -0.39 is 24.3 Å². The van der Waals surface area contributed by atoms with E-state index in [1.165, 1.54) is 0 Å². The molecule has 0 saturated heterocycles. The maximum Gasteiger partial charge on any atom is 0.269 e. The molecule has 0 aliphatic carbocycles. The maximum atomic E-state index is 11.9. The molecule has 60 valence electrons. The van der Waals surface area contributed by atoms with Crippen LogP contribution >= 0.6 is 11.6 Å². The molecule has 0 spiro atoms. The Hall–Kier alpha value is -0.250. The maximum absolute atomic E-state index is 11.9. The van der Waals surface area contributed by atoms with E-state index in [1.807, 2.05) is 0 Å². The largest absolute Gasteiger partial charge is 0.281 e. The molecule has 0 aromatic heterocycles. The van der Waals surface area contributed by atoms with Crippen LogP contribution in [0.25, 0.3) is 0 Å². The average Bonchev–Trinajstić information content (AvgIpc) is 1.82. The third-order valence-corrected chi connectivity index (χ3v) is 1.08. The first kappa shape index (κ1) is 9.75. The molecule has 0 bridgehead atoms. The number of hydrogen-bond acceptors (Lipinski definition) is 1. The summed E-state index contributed by atoms with van der Waals surface area (Å²) in [6.07, 6.45) is -6.09. The summed E-state index contributed by atoms with van der Waals surface area (Å²) in [6, 6.07) is 0. The van der Waals surface area contributed by atoms with Gasteiger partial charge in [0.05, 0.1) is 0 Å². The predicted molar refractivity (Wildman–Crippen MR) is 31.0 cm³/mol. The molecule has 1 atom stereocenters. The van der Waals surface area contributed by atoms with Crippen molar-refractivity contribution in [1.82, 2.24) is 0 Å². The van der Waals surface area contributed by atoms with E-state index in [0.717, 1.165) is 0 Å². The summed E-state index contributed by atoms with van der Waals surface area (Å²) in [5, 5.41) is -0.789. The molecular formula is C5H6ClF3O. The van der Waals surface area contributed by atoms with Gasteiger partial charge in [-0.15, -0.1) is 0 Å². The zero-order valence-corrected chi connectivity index (χ0v) is 5.74. The van der Waals surface area contributed by atoms with Crippen molar-refractivity contribution in [3.8, 4) is 0 Å². The number of rotatable bonds is 4. The van der Waals surface area contributed by atoms with Crippen molar-refractivity contribution in [3.05, 3.63) is 0 Å². The highest BCUT2D eigenvalue weighted by molar-refractivity contribution is 6.63. The van der Waals surface area contributed by atoms with Gasteiger partial charge in [0.25, 0.3) is 6.43 Å². The van der Waals surface area contributed by atoms with Crippen LogP contribution in [0.5, 0.6) is 0 Å². The predicted octanol–water partition coefficient (Wildman–Crippen LogP) is 2.14. The quantitative estimate of drug-likeness (QED) is 0.597. The topological polar surface area (TPSA) is 17.1 Å². The van der Waals surface area contributed by atoms with Crippen molar-refractivity contribution in [2.45, 2.75) is 25.4 Å². The van der Waals surface area contributed by atoms with Crippen LogP contribution in [0, 0.1) is 0 Å². The van der Waals surface area contributed by atoms with Crippen LogP contribution in [0.3, 0.4) is 0 Å². The van der Waals surface area contributed by atoms with E-state index in [0.29, 0.717) is 0 Å². The highest BCUT2D eigenvalue weighted by Crippen LogP contribution is 2.12. The minimum atomic E-state index is -3.02.